The van der Waals surface area contributed by atoms with Gasteiger partial charge in [0.25, 0.3) is 0 Å². The van der Waals surface area contributed by atoms with Gasteiger partial charge in [0, 0.05) is 26.6 Å². The van der Waals surface area contributed by atoms with E-state index in [1.807, 2.05) is 11.3 Å². The molecule has 0 saturated carbocycles. The Morgan fingerprint density at radius 1 is 0.634 bits per heavy atom. The maximum atomic E-state index is 5.31. The summed E-state index contributed by atoms with van der Waals surface area (Å²) in [6.07, 6.45) is 0. The molecule has 8 aromatic rings. The van der Waals surface area contributed by atoms with Crippen LogP contribution in [0.4, 0.5) is 0 Å². The molecule has 0 saturated heterocycles. The maximum absolute atomic E-state index is 5.31. The average molecular weight is 560 g/mol. The lowest BCUT2D eigenvalue weighted by molar-refractivity contribution is 1.02. The van der Waals surface area contributed by atoms with Crippen LogP contribution in [0.25, 0.3) is 70.4 Å². The van der Waals surface area contributed by atoms with Gasteiger partial charge in [-0.25, -0.2) is 9.97 Å². The fourth-order valence-electron chi connectivity index (χ4n) is 6.96. The zero-order valence-corrected chi connectivity index (χ0v) is 24.5. The summed E-state index contributed by atoms with van der Waals surface area (Å²) in [5, 5.41) is 8.05. The highest BCUT2D eigenvalue weighted by Gasteiger charge is 2.40. The van der Waals surface area contributed by atoms with Crippen molar-refractivity contribution in [3.63, 3.8) is 0 Å². The number of benzene rings is 5. The Labute approximate surface area is 242 Å². The van der Waals surface area contributed by atoms with Crippen LogP contribution in [0.1, 0.15) is 0 Å². The molecule has 0 N–H and O–H groups in total. The van der Waals surface area contributed by atoms with E-state index >= 15 is 0 Å². The van der Waals surface area contributed by atoms with Gasteiger partial charge in [0.05, 0.1) is 26.9 Å². The summed E-state index contributed by atoms with van der Waals surface area (Å²) in [7, 11) is -1.84. The third-order valence-electron chi connectivity index (χ3n) is 8.80. The third kappa shape index (κ3) is 3.07. The highest BCUT2D eigenvalue weighted by Crippen LogP contribution is 2.44. The molecule has 4 heterocycles. The van der Waals surface area contributed by atoms with Crippen molar-refractivity contribution in [3.8, 4) is 27.6 Å². The number of nitrogens with zero attached hydrogens (tertiary/aromatic N) is 3. The minimum atomic E-state index is -1.84. The van der Waals surface area contributed by atoms with Crippen molar-refractivity contribution in [1.82, 2.24) is 14.5 Å². The minimum absolute atomic E-state index is 0.715. The molecular weight excluding hydrogens is 535 g/mol. The lowest BCUT2D eigenvalue weighted by Crippen LogP contribution is -2.49. The van der Waals surface area contributed by atoms with E-state index in [1.165, 1.54) is 36.8 Å². The van der Waals surface area contributed by atoms with Gasteiger partial charge in [-0.15, -0.1) is 11.3 Å². The second-order valence-corrected chi connectivity index (χ2v) is 16.7. The van der Waals surface area contributed by atoms with Crippen LogP contribution in [0.3, 0.4) is 0 Å². The van der Waals surface area contributed by atoms with Crippen molar-refractivity contribution in [3.05, 3.63) is 115 Å². The van der Waals surface area contributed by atoms with E-state index in [9.17, 15) is 0 Å². The van der Waals surface area contributed by atoms with Gasteiger partial charge < -0.3 is 0 Å². The summed E-state index contributed by atoms with van der Waals surface area (Å²) >= 11 is 1.95. The molecule has 0 aliphatic carbocycles. The normalized spacial score (nSPS) is 13.8. The first-order valence-corrected chi connectivity index (χ1v) is 17.8. The number of fused-ring (bicyclic) bond motifs is 10. The summed E-state index contributed by atoms with van der Waals surface area (Å²) in [6.45, 7) is 5.00. The van der Waals surface area contributed by atoms with E-state index in [4.69, 9.17) is 9.97 Å². The molecule has 0 unspecified atom stereocenters. The summed E-state index contributed by atoms with van der Waals surface area (Å²) < 4.78 is 3.65. The van der Waals surface area contributed by atoms with Gasteiger partial charge in [-0.3, -0.25) is 4.57 Å². The van der Waals surface area contributed by atoms with Crippen molar-refractivity contribution in [2.75, 3.05) is 0 Å². The fourth-order valence-corrected chi connectivity index (χ4v) is 12.6. The molecule has 0 bridgehead atoms. The Balaban J connectivity index is 1.44. The number of hydrogen-bond acceptors (Lipinski definition) is 3. The van der Waals surface area contributed by atoms with E-state index in [0.717, 1.165) is 27.7 Å². The topological polar surface area (TPSA) is 30.7 Å². The molecule has 41 heavy (non-hydrogen) atoms. The van der Waals surface area contributed by atoms with Crippen molar-refractivity contribution in [2.24, 2.45) is 0 Å². The first-order chi connectivity index (χ1) is 20.1. The van der Waals surface area contributed by atoms with Crippen molar-refractivity contribution >= 4 is 72.6 Å². The average Bonchev–Trinajstić information content (AvgIpc) is 3.64. The van der Waals surface area contributed by atoms with Crippen molar-refractivity contribution < 1.29 is 0 Å². The first kappa shape index (κ1) is 23.2. The molecule has 0 spiro atoms. The Morgan fingerprint density at radius 2 is 1.34 bits per heavy atom. The molecule has 0 atom stereocenters. The monoisotopic (exact) mass is 559 g/mol. The number of thiophene rings is 1. The summed E-state index contributed by atoms with van der Waals surface area (Å²) in [5.41, 5.74) is 6.77. The van der Waals surface area contributed by atoms with Gasteiger partial charge in [-0.05, 0) is 33.5 Å². The van der Waals surface area contributed by atoms with Crippen LogP contribution in [-0.4, -0.2) is 22.6 Å². The third-order valence-corrected chi connectivity index (χ3v) is 13.8. The molecule has 3 nitrogen and oxygen atoms in total. The van der Waals surface area contributed by atoms with E-state index in [-0.39, 0.29) is 0 Å². The number of rotatable bonds is 2. The predicted octanol–water partition coefficient (Wildman–Crippen LogP) is 8.41. The van der Waals surface area contributed by atoms with Crippen LogP contribution in [0.5, 0.6) is 0 Å². The van der Waals surface area contributed by atoms with Gasteiger partial charge in [-0.2, -0.15) is 0 Å². The zero-order chi connectivity index (χ0) is 27.3. The van der Waals surface area contributed by atoms with Crippen molar-refractivity contribution in [1.29, 1.82) is 0 Å². The smallest absolute Gasteiger partial charge is 0.235 e. The molecule has 194 valence electrons. The molecule has 5 heteroatoms. The standard InChI is InChI=1S/C36H25N3SSi/c1-41(2)30-19-11-8-16-26(30)34-35(41)27-21-20-24-23-14-7-10-18-29(23)39(32(24)33(27)40-34)36-37-28-17-9-6-15-25(28)31(38-36)22-12-4-3-5-13-22/h3-21H,1-2H3. The predicted molar refractivity (Wildman–Crippen MR) is 177 cm³/mol. The molecule has 0 radical (unpaired) electrons. The van der Waals surface area contributed by atoms with Crippen LogP contribution >= 0.6 is 11.3 Å². The molecule has 3 aromatic heterocycles. The Kier molecular flexibility index (Phi) is 4.65. The van der Waals surface area contributed by atoms with Crippen LogP contribution in [0, 0.1) is 0 Å². The highest BCUT2D eigenvalue weighted by molar-refractivity contribution is 7.28. The van der Waals surface area contributed by atoms with E-state index in [0.29, 0.717) is 5.95 Å². The van der Waals surface area contributed by atoms with Crippen LogP contribution in [0.15, 0.2) is 115 Å². The molecule has 0 fully saturated rings. The highest BCUT2D eigenvalue weighted by atomic mass is 32.1. The molecule has 0 amide bonds. The maximum Gasteiger partial charge on any atom is 0.235 e. The summed E-state index contributed by atoms with van der Waals surface area (Å²) in [6, 6.07) is 41.3. The van der Waals surface area contributed by atoms with Gasteiger partial charge in [0.15, 0.2) is 0 Å². The van der Waals surface area contributed by atoms with Gasteiger partial charge in [0.1, 0.15) is 8.07 Å². The number of para-hydroxylation sites is 2. The largest absolute Gasteiger partial charge is 0.276 e. The summed E-state index contributed by atoms with van der Waals surface area (Å²) in [4.78, 5) is 12.0. The molecular formula is C36H25N3SSi. The number of hydrogen-bond donors (Lipinski definition) is 0. The minimum Gasteiger partial charge on any atom is -0.276 e. The lowest BCUT2D eigenvalue weighted by atomic mass is 10.1. The second-order valence-electron chi connectivity index (χ2n) is 11.4. The SMILES string of the molecule is C[Si]1(C)c2ccccc2-c2sc3c(ccc4c5ccccc5n(-c5nc(-c6ccccc6)c6ccccc6n5)c43)c21. The van der Waals surface area contributed by atoms with Crippen LogP contribution in [-0.2, 0) is 0 Å². The van der Waals surface area contributed by atoms with Crippen molar-refractivity contribution in [2.45, 2.75) is 13.1 Å². The fraction of sp³-hybridized carbons (Fsp3) is 0.0556. The first-order valence-electron chi connectivity index (χ1n) is 14.0. The van der Waals surface area contributed by atoms with Gasteiger partial charge in [-0.1, -0.05) is 116 Å². The molecule has 1 aliphatic heterocycles. The van der Waals surface area contributed by atoms with Crippen LogP contribution < -0.4 is 10.4 Å². The van der Waals surface area contributed by atoms with Gasteiger partial charge >= 0.3 is 0 Å². The van der Waals surface area contributed by atoms with E-state index < -0.39 is 8.07 Å². The van der Waals surface area contributed by atoms with Gasteiger partial charge in [0.2, 0.25) is 5.95 Å². The Bertz CT molecular complexity index is 2350. The zero-order valence-electron chi connectivity index (χ0n) is 22.7. The molecule has 9 rings (SSSR count). The van der Waals surface area contributed by atoms with E-state index in [1.54, 1.807) is 10.4 Å². The number of aromatic nitrogens is 3. The second kappa shape index (κ2) is 8.23. The molecule has 5 aromatic carbocycles. The lowest BCUT2D eigenvalue weighted by Gasteiger charge is -2.19. The summed E-state index contributed by atoms with van der Waals surface area (Å²) in [5.74, 6) is 0.715. The quantitative estimate of drug-likeness (QED) is 0.199. The Hall–Kier alpha value is -4.58. The molecule has 1 aliphatic rings. The Morgan fingerprint density at radius 3 is 2.22 bits per heavy atom. The van der Waals surface area contributed by atoms with E-state index in [2.05, 4.69) is 133 Å². The van der Waals surface area contributed by atoms with Crippen LogP contribution in [0.2, 0.25) is 13.1 Å².